The molecule has 0 fully saturated rings. The van der Waals surface area contributed by atoms with E-state index in [0.29, 0.717) is 0 Å². The quantitative estimate of drug-likeness (QED) is 0.665. The highest BCUT2D eigenvalue weighted by Crippen LogP contribution is 2.29. The van der Waals surface area contributed by atoms with Gasteiger partial charge >= 0.3 is 0 Å². The fourth-order valence-corrected chi connectivity index (χ4v) is 2.52. The second-order valence-corrected chi connectivity index (χ2v) is 4.91. The summed E-state index contributed by atoms with van der Waals surface area (Å²) in [6.45, 7) is 0. The van der Waals surface area contributed by atoms with Crippen LogP contribution in [0.1, 0.15) is 0 Å². The summed E-state index contributed by atoms with van der Waals surface area (Å²) in [5.41, 5.74) is 8.25. The molecule has 2 N–H and O–H groups in total. The van der Waals surface area contributed by atoms with E-state index in [1.807, 2.05) is 36.2 Å². The number of nitrogen functional groups attached to an aromatic ring is 1. The maximum absolute atomic E-state index is 13.2. The average molecular weight is 342 g/mol. The number of rotatable bonds is 2. The average Bonchev–Trinajstić information content (AvgIpc) is 2.28. The molecule has 4 heteroatoms. The number of halogens is 2. The topological polar surface area (TPSA) is 29.3 Å². The molecule has 0 bridgehead atoms. The second kappa shape index (κ2) is 4.91. The van der Waals surface area contributed by atoms with Crippen LogP contribution in [-0.4, -0.2) is 7.05 Å². The molecule has 0 radical (unpaired) electrons. The smallest absolute Gasteiger partial charge is 0.125 e. The first-order chi connectivity index (χ1) is 8.08. The number of anilines is 3. The van der Waals surface area contributed by atoms with Gasteiger partial charge in [-0.2, -0.15) is 0 Å². The highest BCUT2D eigenvalue weighted by atomic mass is 127. The summed E-state index contributed by atoms with van der Waals surface area (Å²) in [7, 11) is 1.91. The van der Waals surface area contributed by atoms with Crippen LogP contribution >= 0.6 is 22.6 Å². The van der Waals surface area contributed by atoms with Crippen molar-refractivity contribution in [2.45, 2.75) is 0 Å². The van der Waals surface area contributed by atoms with Crippen molar-refractivity contribution in [1.82, 2.24) is 0 Å². The molecular formula is C13H12FIN2. The van der Waals surface area contributed by atoms with Gasteiger partial charge in [0.2, 0.25) is 0 Å². The van der Waals surface area contributed by atoms with E-state index in [1.54, 1.807) is 6.07 Å². The third-order valence-electron chi connectivity index (χ3n) is 2.53. The van der Waals surface area contributed by atoms with Crippen LogP contribution in [0, 0.1) is 9.39 Å². The third-order valence-corrected chi connectivity index (χ3v) is 3.39. The Hall–Kier alpha value is -1.30. The van der Waals surface area contributed by atoms with Crippen LogP contribution in [0.4, 0.5) is 21.5 Å². The summed E-state index contributed by atoms with van der Waals surface area (Å²) in [6, 6.07) is 12.2. The van der Waals surface area contributed by atoms with E-state index in [-0.39, 0.29) is 5.82 Å². The predicted octanol–water partition coefficient (Wildman–Crippen LogP) is 3.78. The van der Waals surface area contributed by atoms with Gasteiger partial charge in [-0.25, -0.2) is 4.39 Å². The Labute approximate surface area is 113 Å². The van der Waals surface area contributed by atoms with Crippen molar-refractivity contribution in [1.29, 1.82) is 0 Å². The van der Waals surface area contributed by atoms with Crippen molar-refractivity contribution in [3.63, 3.8) is 0 Å². The van der Waals surface area contributed by atoms with Gasteiger partial charge in [0, 0.05) is 22.0 Å². The highest BCUT2D eigenvalue weighted by Gasteiger charge is 2.08. The largest absolute Gasteiger partial charge is 0.399 e. The molecule has 0 aliphatic rings. The molecule has 0 aliphatic heterocycles. The lowest BCUT2D eigenvalue weighted by Crippen LogP contribution is -2.11. The Balaban J connectivity index is 2.40. The molecule has 2 nitrogen and oxygen atoms in total. The molecule has 17 heavy (non-hydrogen) atoms. The van der Waals surface area contributed by atoms with Crippen LogP contribution in [0.5, 0.6) is 0 Å². The minimum Gasteiger partial charge on any atom is -0.399 e. The zero-order chi connectivity index (χ0) is 12.4. The van der Waals surface area contributed by atoms with Gasteiger partial charge in [0.05, 0.1) is 5.69 Å². The third kappa shape index (κ3) is 2.69. The second-order valence-electron chi connectivity index (χ2n) is 3.75. The molecule has 0 aliphatic carbocycles. The van der Waals surface area contributed by atoms with Crippen LogP contribution in [0.15, 0.2) is 42.5 Å². The van der Waals surface area contributed by atoms with Gasteiger partial charge in [-0.15, -0.1) is 0 Å². The maximum atomic E-state index is 13.2. The molecule has 2 aromatic carbocycles. The molecule has 2 aromatic rings. The van der Waals surface area contributed by atoms with E-state index >= 15 is 0 Å². The van der Waals surface area contributed by atoms with Gasteiger partial charge in [0.1, 0.15) is 5.82 Å². The van der Waals surface area contributed by atoms with Crippen molar-refractivity contribution in [2.24, 2.45) is 0 Å². The molecule has 88 valence electrons. The Bertz CT molecular complexity index is 543. The van der Waals surface area contributed by atoms with Gasteiger partial charge in [-0.1, -0.05) is 6.07 Å². The van der Waals surface area contributed by atoms with Crippen molar-refractivity contribution in [3.8, 4) is 0 Å². The Kier molecular flexibility index (Phi) is 3.51. The van der Waals surface area contributed by atoms with Gasteiger partial charge in [-0.05, 0) is 59.0 Å². The van der Waals surface area contributed by atoms with Crippen LogP contribution in [0.25, 0.3) is 0 Å². The molecule has 0 amide bonds. The molecule has 0 atom stereocenters. The molecule has 0 saturated carbocycles. The van der Waals surface area contributed by atoms with E-state index in [2.05, 4.69) is 22.6 Å². The lowest BCUT2D eigenvalue weighted by atomic mass is 10.2. The first-order valence-corrected chi connectivity index (χ1v) is 6.20. The fourth-order valence-electron chi connectivity index (χ4n) is 1.62. The lowest BCUT2D eigenvalue weighted by molar-refractivity contribution is 0.628. The highest BCUT2D eigenvalue weighted by molar-refractivity contribution is 14.1. The summed E-state index contributed by atoms with van der Waals surface area (Å²) < 4.78 is 14.2. The predicted molar refractivity (Wildman–Crippen MR) is 78.0 cm³/mol. The van der Waals surface area contributed by atoms with E-state index in [1.165, 1.54) is 12.1 Å². The monoisotopic (exact) mass is 342 g/mol. The van der Waals surface area contributed by atoms with Gasteiger partial charge in [0.15, 0.2) is 0 Å². The Morgan fingerprint density at radius 3 is 2.59 bits per heavy atom. The van der Waals surface area contributed by atoms with Crippen LogP contribution in [0.3, 0.4) is 0 Å². The first-order valence-electron chi connectivity index (χ1n) is 5.12. The van der Waals surface area contributed by atoms with Gasteiger partial charge in [-0.3, -0.25) is 0 Å². The maximum Gasteiger partial charge on any atom is 0.125 e. The summed E-state index contributed by atoms with van der Waals surface area (Å²) in [4.78, 5) is 1.93. The normalized spacial score (nSPS) is 10.3. The Morgan fingerprint density at radius 1 is 1.18 bits per heavy atom. The van der Waals surface area contributed by atoms with Crippen LogP contribution < -0.4 is 10.6 Å². The number of nitrogens with zero attached hydrogens (tertiary/aromatic N) is 1. The summed E-state index contributed by atoms with van der Waals surface area (Å²) in [5.74, 6) is -0.236. The molecule has 0 aromatic heterocycles. The van der Waals surface area contributed by atoms with Crippen LogP contribution in [-0.2, 0) is 0 Å². The molecule has 0 heterocycles. The van der Waals surface area contributed by atoms with Crippen molar-refractivity contribution < 1.29 is 4.39 Å². The number of nitrogens with two attached hydrogens (primary N) is 1. The first kappa shape index (κ1) is 12.2. The number of hydrogen-bond donors (Lipinski definition) is 1. The number of benzene rings is 2. The standard InChI is InChI=1S/C13H12FIN2/c1-17(11-4-2-3-9(14)7-11)13-6-5-10(16)8-12(13)15/h2-8H,16H2,1H3. The minimum atomic E-state index is -0.236. The minimum absolute atomic E-state index is 0.236. The van der Waals surface area contributed by atoms with E-state index in [9.17, 15) is 4.39 Å². The summed E-state index contributed by atoms with van der Waals surface area (Å²) >= 11 is 2.22. The fraction of sp³-hybridized carbons (Fsp3) is 0.0769. The van der Waals surface area contributed by atoms with E-state index in [4.69, 9.17) is 5.73 Å². The molecule has 0 unspecified atom stereocenters. The zero-order valence-corrected chi connectivity index (χ0v) is 11.5. The molecule has 0 saturated heterocycles. The van der Waals surface area contributed by atoms with Gasteiger partial charge < -0.3 is 10.6 Å². The number of hydrogen-bond acceptors (Lipinski definition) is 2. The zero-order valence-electron chi connectivity index (χ0n) is 9.32. The van der Waals surface area contributed by atoms with Crippen molar-refractivity contribution in [2.75, 3.05) is 17.7 Å². The summed E-state index contributed by atoms with van der Waals surface area (Å²) in [5, 5.41) is 0. The molecular weight excluding hydrogens is 330 g/mol. The van der Waals surface area contributed by atoms with Crippen molar-refractivity contribution in [3.05, 3.63) is 51.9 Å². The molecule has 2 rings (SSSR count). The van der Waals surface area contributed by atoms with Gasteiger partial charge in [0.25, 0.3) is 0 Å². The summed E-state index contributed by atoms with van der Waals surface area (Å²) in [6.07, 6.45) is 0. The molecule has 0 spiro atoms. The lowest BCUT2D eigenvalue weighted by Gasteiger charge is -2.21. The van der Waals surface area contributed by atoms with Crippen molar-refractivity contribution >= 4 is 39.7 Å². The van der Waals surface area contributed by atoms with Crippen LogP contribution in [0.2, 0.25) is 0 Å². The van der Waals surface area contributed by atoms with E-state index < -0.39 is 0 Å². The Morgan fingerprint density at radius 2 is 1.94 bits per heavy atom. The van der Waals surface area contributed by atoms with E-state index in [0.717, 1.165) is 20.6 Å². The SMILES string of the molecule is CN(c1cccc(F)c1)c1ccc(N)cc1I.